The fraction of sp³-hybridized carbons (Fsp3) is 0.316. The second-order valence-electron chi connectivity index (χ2n) is 5.83. The predicted octanol–water partition coefficient (Wildman–Crippen LogP) is 4.83. The smallest absolute Gasteiger partial charge is 0.106 e. The van der Waals surface area contributed by atoms with Gasteiger partial charge in [-0.15, -0.1) is 0 Å². The predicted molar refractivity (Wildman–Crippen MR) is 98.8 cm³/mol. The summed E-state index contributed by atoms with van der Waals surface area (Å²) in [4.78, 5) is 7.20. The van der Waals surface area contributed by atoms with Crippen molar-refractivity contribution in [3.8, 4) is 0 Å². The fourth-order valence-corrected chi connectivity index (χ4v) is 3.38. The molecule has 1 unspecified atom stereocenters. The molecule has 4 heteroatoms. The van der Waals surface area contributed by atoms with E-state index < -0.39 is 0 Å². The molecule has 0 radical (unpaired) electrons. The summed E-state index contributed by atoms with van der Waals surface area (Å²) in [6.45, 7) is 6.27. The van der Waals surface area contributed by atoms with Gasteiger partial charge in [0, 0.05) is 36.1 Å². The van der Waals surface area contributed by atoms with E-state index in [1.807, 2.05) is 30.3 Å². The largest absolute Gasteiger partial charge is 0.399 e. The van der Waals surface area contributed by atoms with Crippen molar-refractivity contribution in [1.82, 2.24) is 4.90 Å². The molecule has 1 aliphatic heterocycles. The Hall–Kier alpha value is -2.00. The van der Waals surface area contributed by atoms with Crippen LogP contribution in [0.2, 0.25) is 5.02 Å². The highest BCUT2D eigenvalue weighted by atomic mass is 35.5. The second-order valence-corrected chi connectivity index (χ2v) is 6.26. The quantitative estimate of drug-likeness (QED) is 0.820. The van der Waals surface area contributed by atoms with Crippen LogP contribution < -0.4 is 5.73 Å². The molecule has 0 amide bonds. The monoisotopic (exact) mass is 327 g/mol. The number of nitrogens with zero attached hydrogens (tertiary/aromatic N) is 2. The Kier molecular flexibility index (Phi) is 4.58. The highest BCUT2D eigenvalue weighted by Gasteiger charge is 2.26. The van der Waals surface area contributed by atoms with Gasteiger partial charge in [-0.05, 0) is 55.3 Å². The molecule has 1 aliphatic rings. The molecule has 0 aromatic heterocycles. The second kappa shape index (κ2) is 6.63. The van der Waals surface area contributed by atoms with Gasteiger partial charge in [0.05, 0.1) is 5.69 Å². The highest BCUT2D eigenvalue weighted by molar-refractivity contribution is 6.30. The van der Waals surface area contributed by atoms with Crippen LogP contribution in [0.25, 0.3) is 0 Å². The number of halogens is 1. The third kappa shape index (κ3) is 3.20. The summed E-state index contributed by atoms with van der Waals surface area (Å²) in [6, 6.07) is 14.1. The molecule has 0 aliphatic carbocycles. The number of hydrogen-bond donors (Lipinski definition) is 1. The zero-order valence-corrected chi connectivity index (χ0v) is 14.3. The lowest BCUT2D eigenvalue weighted by atomic mass is 9.85. The SMILES string of the molecule is CCN(CC)C1=Nc2ccc(Cl)cc2C(c2ccc(N)cc2)C1. The van der Waals surface area contributed by atoms with E-state index in [2.05, 4.69) is 30.9 Å². The van der Waals surface area contributed by atoms with Crippen molar-refractivity contribution in [2.75, 3.05) is 18.8 Å². The van der Waals surface area contributed by atoms with E-state index >= 15 is 0 Å². The molecule has 1 atom stereocenters. The summed E-state index contributed by atoms with van der Waals surface area (Å²) in [6.07, 6.45) is 0.888. The zero-order valence-electron chi connectivity index (χ0n) is 13.6. The van der Waals surface area contributed by atoms with Gasteiger partial charge in [-0.25, -0.2) is 4.99 Å². The maximum atomic E-state index is 6.23. The van der Waals surface area contributed by atoms with Crippen molar-refractivity contribution in [2.45, 2.75) is 26.2 Å². The molecular weight excluding hydrogens is 306 g/mol. The molecule has 0 fully saturated rings. The van der Waals surface area contributed by atoms with Crippen LogP contribution in [0.15, 0.2) is 47.5 Å². The van der Waals surface area contributed by atoms with E-state index in [0.29, 0.717) is 0 Å². The summed E-state index contributed by atoms with van der Waals surface area (Å²) >= 11 is 6.23. The van der Waals surface area contributed by atoms with E-state index in [1.54, 1.807) is 0 Å². The number of benzene rings is 2. The Balaban J connectivity index is 2.08. The topological polar surface area (TPSA) is 41.6 Å². The Labute approximate surface area is 142 Å². The average molecular weight is 328 g/mol. The number of fused-ring (bicyclic) bond motifs is 1. The van der Waals surface area contributed by atoms with Gasteiger partial charge in [0.2, 0.25) is 0 Å². The van der Waals surface area contributed by atoms with E-state index in [-0.39, 0.29) is 5.92 Å². The fourth-order valence-electron chi connectivity index (χ4n) is 3.20. The maximum Gasteiger partial charge on any atom is 0.106 e. The van der Waals surface area contributed by atoms with Crippen molar-refractivity contribution in [2.24, 2.45) is 4.99 Å². The molecule has 3 nitrogen and oxygen atoms in total. The van der Waals surface area contributed by atoms with Crippen LogP contribution in [0.5, 0.6) is 0 Å². The van der Waals surface area contributed by atoms with Gasteiger partial charge in [0.25, 0.3) is 0 Å². The number of anilines is 1. The van der Waals surface area contributed by atoms with Gasteiger partial charge < -0.3 is 10.6 Å². The summed E-state index contributed by atoms with van der Waals surface area (Å²) in [5, 5.41) is 0.755. The third-order valence-electron chi connectivity index (χ3n) is 4.47. The lowest BCUT2D eigenvalue weighted by Crippen LogP contribution is -2.33. The molecule has 2 aromatic carbocycles. The first-order valence-corrected chi connectivity index (χ1v) is 8.47. The Morgan fingerprint density at radius 2 is 1.83 bits per heavy atom. The first kappa shape index (κ1) is 15.9. The van der Waals surface area contributed by atoms with Gasteiger partial charge in [0.15, 0.2) is 0 Å². The van der Waals surface area contributed by atoms with Crippen LogP contribution in [0.4, 0.5) is 11.4 Å². The van der Waals surface area contributed by atoms with Crippen molar-refractivity contribution in [3.05, 3.63) is 58.6 Å². The zero-order chi connectivity index (χ0) is 16.4. The van der Waals surface area contributed by atoms with Crippen LogP contribution in [0.3, 0.4) is 0 Å². The number of hydrogen-bond acceptors (Lipinski definition) is 3. The summed E-state index contributed by atoms with van der Waals surface area (Å²) in [5.74, 6) is 1.41. The molecular formula is C19H22ClN3. The van der Waals surface area contributed by atoms with E-state index in [4.69, 9.17) is 22.3 Å². The number of nitrogen functional groups attached to an aromatic ring is 1. The molecule has 1 heterocycles. The van der Waals surface area contributed by atoms with Gasteiger partial charge in [0.1, 0.15) is 5.84 Å². The van der Waals surface area contributed by atoms with Crippen LogP contribution >= 0.6 is 11.6 Å². The number of nitrogens with two attached hydrogens (primary N) is 1. The Morgan fingerprint density at radius 3 is 2.48 bits per heavy atom. The minimum absolute atomic E-state index is 0.261. The molecule has 2 N–H and O–H groups in total. The number of rotatable bonds is 3. The molecule has 2 aromatic rings. The summed E-state index contributed by atoms with van der Waals surface area (Å²) in [7, 11) is 0. The maximum absolute atomic E-state index is 6.23. The standard InChI is InChI=1S/C19H22ClN3/c1-3-23(4-2)19-12-16(13-5-8-15(21)9-6-13)17-11-14(20)7-10-18(17)22-19/h5-11,16H,3-4,12,21H2,1-2H3. The van der Waals surface area contributed by atoms with Crippen LogP contribution in [0, 0.1) is 0 Å². The summed E-state index contributed by atoms with van der Waals surface area (Å²) in [5.41, 5.74) is 10.1. The van der Waals surface area contributed by atoms with Crippen molar-refractivity contribution in [1.29, 1.82) is 0 Å². The van der Waals surface area contributed by atoms with Crippen molar-refractivity contribution in [3.63, 3.8) is 0 Å². The van der Waals surface area contributed by atoms with Crippen molar-refractivity contribution < 1.29 is 0 Å². The van der Waals surface area contributed by atoms with Gasteiger partial charge in [-0.1, -0.05) is 23.7 Å². The first-order valence-electron chi connectivity index (χ1n) is 8.09. The molecule has 0 saturated heterocycles. The Morgan fingerprint density at radius 1 is 1.13 bits per heavy atom. The summed E-state index contributed by atoms with van der Waals surface area (Å²) < 4.78 is 0. The van der Waals surface area contributed by atoms with Crippen LogP contribution in [0.1, 0.15) is 37.3 Å². The number of amidine groups is 1. The minimum Gasteiger partial charge on any atom is -0.399 e. The van der Waals surface area contributed by atoms with Gasteiger partial charge in [-0.2, -0.15) is 0 Å². The minimum atomic E-state index is 0.261. The van der Waals surface area contributed by atoms with E-state index in [1.165, 1.54) is 11.1 Å². The van der Waals surface area contributed by atoms with Gasteiger partial charge >= 0.3 is 0 Å². The number of aliphatic imine (C=N–C) groups is 1. The van der Waals surface area contributed by atoms with Gasteiger partial charge in [-0.3, -0.25) is 0 Å². The van der Waals surface area contributed by atoms with Crippen LogP contribution in [-0.4, -0.2) is 23.8 Å². The molecule has 0 bridgehead atoms. The lowest BCUT2D eigenvalue weighted by molar-refractivity contribution is 0.450. The third-order valence-corrected chi connectivity index (χ3v) is 4.70. The first-order chi connectivity index (χ1) is 11.1. The molecule has 3 rings (SSSR count). The lowest BCUT2D eigenvalue weighted by Gasteiger charge is -2.31. The van der Waals surface area contributed by atoms with Crippen LogP contribution in [-0.2, 0) is 0 Å². The van der Waals surface area contributed by atoms with E-state index in [9.17, 15) is 0 Å². The molecule has 120 valence electrons. The average Bonchev–Trinajstić information content (AvgIpc) is 2.56. The van der Waals surface area contributed by atoms with E-state index in [0.717, 1.165) is 41.7 Å². The molecule has 0 spiro atoms. The Bertz CT molecular complexity index is 718. The highest BCUT2D eigenvalue weighted by Crippen LogP contribution is 2.40. The molecule has 23 heavy (non-hydrogen) atoms. The normalized spacial score (nSPS) is 16.7. The molecule has 0 saturated carbocycles. The van der Waals surface area contributed by atoms with Crippen molar-refractivity contribution >= 4 is 28.8 Å².